The smallest absolute Gasteiger partial charge is 0.317 e. The summed E-state index contributed by atoms with van der Waals surface area (Å²) in [5.41, 5.74) is -0.0116. The Bertz CT molecular complexity index is 753. The molecule has 1 saturated carbocycles. The Balaban J connectivity index is 2.57. The summed E-state index contributed by atoms with van der Waals surface area (Å²) in [6.07, 6.45) is -0.312. The van der Waals surface area contributed by atoms with E-state index in [2.05, 4.69) is 18.7 Å². The highest BCUT2D eigenvalue weighted by Crippen LogP contribution is 2.47. The maximum Gasteiger partial charge on any atom is 0.317 e. The number of ether oxygens (including phenoxy) is 2. The van der Waals surface area contributed by atoms with Crippen LogP contribution in [0.25, 0.3) is 0 Å². The number of carbonyl (C=O) groups is 3. The number of Topliss-reactive ketones (excluding diaryl/α,β-unsaturated/α-hetero) is 1. The molecule has 1 aromatic rings. The summed E-state index contributed by atoms with van der Waals surface area (Å²) in [4.78, 5) is 40.6. The normalized spacial score (nSPS) is 26.2. The number of hydrogen-bond donors (Lipinski definition) is 1. The Kier molecular flexibility index (Phi) is 8.01. The second kappa shape index (κ2) is 10.1. The molecule has 0 amide bonds. The van der Waals surface area contributed by atoms with Gasteiger partial charge in [-0.1, -0.05) is 12.1 Å². The second-order valence-electron chi connectivity index (χ2n) is 7.75. The van der Waals surface area contributed by atoms with Crippen molar-refractivity contribution >= 4 is 23.4 Å². The highest BCUT2D eigenvalue weighted by atomic mass is 16.5. The molecule has 4 atom stereocenters. The molecule has 0 saturated heterocycles. The number of benzene rings is 1. The monoisotopic (exact) mass is 419 g/mol. The minimum absolute atomic E-state index is 0.122. The molecule has 0 aliphatic heterocycles. The number of hydrogen-bond acceptors (Lipinski definition) is 7. The quantitative estimate of drug-likeness (QED) is 0.511. The van der Waals surface area contributed by atoms with Crippen molar-refractivity contribution in [2.45, 2.75) is 52.6 Å². The molecule has 1 aromatic carbocycles. The number of aliphatic hydroxyl groups is 1. The first-order chi connectivity index (χ1) is 14.2. The van der Waals surface area contributed by atoms with Crippen molar-refractivity contribution in [2.75, 3.05) is 31.2 Å². The van der Waals surface area contributed by atoms with Gasteiger partial charge in [0.05, 0.1) is 24.7 Å². The van der Waals surface area contributed by atoms with Gasteiger partial charge >= 0.3 is 11.9 Å². The van der Waals surface area contributed by atoms with Crippen molar-refractivity contribution in [3.05, 3.63) is 29.8 Å². The standard InChI is InChI=1S/C23H33NO6/c1-6-24(7-2)16-12-10-15(11-13-16)18-19(21(26)29-8-3)17(25)14-23(5,28)20(18)22(27)30-9-4/h10-13,18-20,28H,6-9,14H2,1-5H3/t18-,19+,20-,23+/m0/s1. The molecule has 2 rings (SSSR count). The third-order valence-corrected chi connectivity index (χ3v) is 5.75. The summed E-state index contributed by atoms with van der Waals surface area (Å²) < 4.78 is 10.4. The second-order valence-corrected chi connectivity index (χ2v) is 7.75. The van der Waals surface area contributed by atoms with Crippen molar-refractivity contribution in [2.24, 2.45) is 11.8 Å². The maximum atomic E-state index is 12.9. The molecule has 0 heterocycles. The van der Waals surface area contributed by atoms with Crippen LogP contribution in [0.3, 0.4) is 0 Å². The van der Waals surface area contributed by atoms with Crippen molar-refractivity contribution in [1.29, 1.82) is 0 Å². The zero-order chi connectivity index (χ0) is 22.5. The van der Waals surface area contributed by atoms with Gasteiger partial charge in [-0.25, -0.2) is 0 Å². The lowest BCUT2D eigenvalue weighted by Crippen LogP contribution is -2.55. The van der Waals surface area contributed by atoms with E-state index in [0.29, 0.717) is 5.56 Å². The topological polar surface area (TPSA) is 93.1 Å². The molecular formula is C23H33NO6. The predicted molar refractivity (Wildman–Crippen MR) is 113 cm³/mol. The van der Waals surface area contributed by atoms with Crippen LogP contribution < -0.4 is 4.90 Å². The molecule has 0 unspecified atom stereocenters. The van der Waals surface area contributed by atoms with Crippen molar-refractivity contribution in [3.8, 4) is 0 Å². The number of carbonyl (C=O) groups excluding carboxylic acids is 3. The van der Waals surface area contributed by atoms with E-state index in [4.69, 9.17) is 9.47 Å². The van der Waals surface area contributed by atoms with Crippen LogP contribution in [0.15, 0.2) is 24.3 Å². The minimum Gasteiger partial charge on any atom is -0.466 e. The first-order valence-corrected chi connectivity index (χ1v) is 10.6. The Hall–Kier alpha value is -2.41. The Morgan fingerprint density at radius 1 is 1.03 bits per heavy atom. The molecule has 7 nitrogen and oxygen atoms in total. The fourth-order valence-electron chi connectivity index (χ4n) is 4.38. The number of esters is 2. The molecule has 1 fully saturated rings. The lowest BCUT2D eigenvalue weighted by Gasteiger charge is -2.43. The summed E-state index contributed by atoms with van der Waals surface area (Å²) in [5, 5.41) is 11.0. The molecule has 0 aromatic heterocycles. The van der Waals surface area contributed by atoms with E-state index >= 15 is 0 Å². The van der Waals surface area contributed by atoms with Crippen LogP contribution in [0.1, 0.15) is 52.5 Å². The number of nitrogens with zero attached hydrogens (tertiary/aromatic N) is 1. The largest absolute Gasteiger partial charge is 0.466 e. The van der Waals surface area contributed by atoms with Gasteiger partial charge in [0.15, 0.2) is 5.78 Å². The Morgan fingerprint density at radius 3 is 2.07 bits per heavy atom. The molecule has 0 bridgehead atoms. The highest BCUT2D eigenvalue weighted by Gasteiger charge is 2.57. The van der Waals surface area contributed by atoms with E-state index in [9.17, 15) is 19.5 Å². The Labute approximate surface area is 178 Å². The first-order valence-electron chi connectivity index (χ1n) is 10.6. The zero-order valence-corrected chi connectivity index (χ0v) is 18.5. The van der Waals surface area contributed by atoms with Gasteiger partial charge < -0.3 is 19.5 Å². The zero-order valence-electron chi connectivity index (χ0n) is 18.5. The Morgan fingerprint density at radius 2 is 1.57 bits per heavy atom. The molecule has 1 aliphatic carbocycles. The fourth-order valence-corrected chi connectivity index (χ4v) is 4.38. The summed E-state index contributed by atoms with van der Waals surface area (Å²) in [5.74, 6) is -4.84. The third kappa shape index (κ3) is 4.83. The van der Waals surface area contributed by atoms with E-state index in [0.717, 1.165) is 18.8 Å². The highest BCUT2D eigenvalue weighted by molar-refractivity contribution is 6.02. The molecule has 30 heavy (non-hydrogen) atoms. The van der Waals surface area contributed by atoms with Gasteiger partial charge in [-0.05, 0) is 52.3 Å². The van der Waals surface area contributed by atoms with Crippen LogP contribution >= 0.6 is 0 Å². The van der Waals surface area contributed by atoms with E-state index in [1.165, 1.54) is 6.92 Å². The first kappa shape index (κ1) is 23.9. The van der Waals surface area contributed by atoms with Crippen LogP contribution in [0.2, 0.25) is 0 Å². The number of ketones is 1. The molecule has 7 heteroatoms. The van der Waals surface area contributed by atoms with E-state index in [1.807, 2.05) is 24.3 Å². The molecule has 0 spiro atoms. The van der Waals surface area contributed by atoms with Crippen molar-refractivity contribution < 1.29 is 29.0 Å². The van der Waals surface area contributed by atoms with E-state index in [-0.39, 0.29) is 19.6 Å². The lowest BCUT2D eigenvalue weighted by molar-refractivity contribution is -0.172. The van der Waals surface area contributed by atoms with Crippen LogP contribution in [-0.2, 0) is 23.9 Å². The maximum absolute atomic E-state index is 12.9. The average Bonchev–Trinajstić information content (AvgIpc) is 2.68. The summed E-state index contributed by atoms with van der Waals surface area (Å²) in [6.45, 7) is 10.8. The van der Waals surface area contributed by atoms with Gasteiger partial charge in [0.25, 0.3) is 0 Å². The summed E-state index contributed by atoms with van der Waals surface area (Å²) in [7, 11) is 0. The van der Waals surface area contributed by atoms with Gasteiger partial charge in [0, 0.05) is 31.1 Å². The van der Waals surface area contributed by atoms with E-state index < -0.39 is 41.1 Å². The average molecular weight is 420 g/mol. The van der Waals surface area contributed by atoms with Gasteiger partial charge in [-0.3, -0.25) is 14.4 Å². The van der Waals surface area contributed by atoms with Crippen molar-refractivity contribution in [3.63, 3.8) is 0 Å². The van der Waals surface area contributed by atoms with Gasteiger partial charge in [0.1, 0.15) is 5.92 Å². The minimum atomic E-state index is -1.63. The lowest BCUT2D eigenvalue weighted by atomic mass is 9.61. The SMILES string of the molecule is CCOC(=O)[C@@H]1C(=O)C[C@@](C)(O)[C@H](C(=O)OCC)[C@H]1c1ccc(N(CC)CC)cc1. The van der Waals surface area contributed by atoms with Crippen LogP contribution in [-0.4, -0.2) is 54.7 Å². The van der Waals surface area contributed by atoms with Gasteiger partial charge in [-0.2, -0.15) is 0 Å². The summed E-state index contributed by atoms with van der Waals surface area (Å²) >= 11 is 0. The number of anilines is 1. The summed E-state index contributed by atoms with van der Waals surface area (Å²) in [6, 6.07) is 7.43. The third-order valence-electron chi connectivity index (χ3n) is 5.75. The van der Waals surface area contributed by atoms with Crippen LogP contribution in [0.4, 0.5) is 5.69 Å². The van der Waals surface area contributed by atoms with Crippen molar-refractivity contribution in [1.82, 2.24) is 0 Å². The van der Waals surface area contributed by atoms with E-state index in [1.54, 1.807) is 13.8 Å². The molecule has 0 radical (unpaired) electrons. The van der Waals surface area contributed by atoms with Crippen LogP contribution in [0.5, 0.6) is 0 Å². The van der Waals surface area contributed by atoms with Gasteiger partial charge in [0.2, 0.25) is 0 Å². The molecule has 1 N–H and O–H groups in total. The number of rotatable bonds is 8. The predicted octanol–water partition coefficient (Wildman–Crippen LogP) is 2.70. The molecule has 1 aliphatic rings. The molecular weight excluding hydrogens is 386 g/mol. The molecule has 166 valence electrons. The van der Waals surface area contributed by atoms with Crippen LogP contribution in [0, 0.1) is 11.8 Å². The van der Waals surface area contributed by atoms with Gasteiger partial charge in [-0.15, -0.1) is 0 Å². The fraction of sp³-hybridized carbons (Fsp3) is 0.609.